The van der Waals surface area contributed by atoms with Gasteiger partial charge in [0.2, 0.25) is 0 Å². The second-order valence-corrected chi connectivity index (χ2v) is 7.70. The lowest BCUT2D eigenvalue weighted by Gasteiger charge is -2.34. The first-order valence-electron chi connectivity index (χ1n) is 9.92. The number of carbonyl (C=O) groups is 1. The standard InChI is InChI=1S/C20H24N8O/c1-13-11-27(8-6-21-13)17-3-5-22-19-15(17)4-7-28(19)20(29)24-18-9-14-12-26(2)25-16(14)10-23-18/h3,5,9-10,12-13,21H,4,6-8,11H2,1-2H3,(H,24,29)/t13-/m0/s1. The van der Waals surface area contributed by atoms with Crippen LogP contribution in [0.4, 0.5) is 22.1 Å². The largest absolute Gasteiger partial charge is 0.368 e. The Hall–Kier alpha value is -3.20. The van der Waals surface area contributed by atoms with Crippen molar-refractivity contribution < 1.29 is 4.79 Å². The Morgan fingerprint density at radius 2 is 2.21 bits per heavy atom. The average molecular weight is 392 g/mol. The van der Waals surface area contributed by atoms with Gasteiger partial charge in [0.15, 0.2) is 0 Å². The van der Waals surface area contributed by atoms with E-state index >= 15 is 0 Å². The van der Waals surface area contributed by atoms with Crippen molar-refractivity contribution in [1.29, 1.82) is 0 Å². The first kappa shape index (κ1) is 17.9. The highest BCUT2D eigenvalue weighted by molar-refractivity contribution is 6.03. The van der Waals surface area contributed by atoms with Gasteiger partial charge in [-0.25, -0.2) is 14.8 Å². The van der Waals surface area contributed by atoms with E-state index in [4.69, 9.17) is 0 Å². The van der Waals surface area contributed by atoms with E-state index in [9.17, 15) is 4.79 Å². The van der Waals surface area contributed by atoms with Crippen molar-refractivity contribution in [2.75, 3.05) is 41.3 Å². The summed E-state index contributed by atoms with van der Waals surface area (Å²) in [4.78, 5) is 25.9. The minimum atomic E-state index is -0.210. The number of piperazine rings is 1. The van der Waals surface area contributed by atoms with Crippen LogP contribution in [0.1, 0.15) is 12.5 Å². The van der Waals surface area contributed by atoms with Crippen LogP contribution in [0.5, 0.6) is 0 Å². The van der Waals surface area contributed by atoms with Gasteiger partial charge < -0.3 is 10.2 Å². The van der Waals surface area contributed by atoms with E-state index in [1.54, 1.807) is 22.0 Å². The molecule has 3 aromatic heterocycles. The Morgan fingerprint density at radius 1 is 1.31 bits per heavy atom. The third-order valence-corrected chi connectivity index (χ3v) is 5.54. The molecule has 0 unspecified atom stereocenters. The third kappa shape index (κ3) is 3.27. The van der Waals surface area contributed by atoms with Gasteiger partial charge in [0.05, 0.1) is 6.20 Å². The molecule has 0 bridgehead atoms. The number of amides is 2. The molecule has 150 valence electrons. The number of urea groups is 1. The molecule has 2 aliphatic heterocycles. The smallest absolute Gasteiger partial charge is 0.328 e. The van der Waals surface area contributed by atoms with Crippen LogP contribution in [0.3, 0.4) is 0 Å². The molecule has 5 rings (SSSR count). The third-order valence-electron chi connectivity index (χ3n) is 5.54. The van der Waals surface area contributed by atoms with E-state index in [2.05, 4.69) is 43.6 Å². The number of fused-ring (bicyclic) bond motifs is 2. The van der Waals surface area contributed by atoms with Gasteiger partial charge in [-0.3, -0.25) is 14.9 Å². The minimum absolute atomic E-state index is 0.210. The summed E-state index contributed by atoms with van der Waals surface area (Å²) < 4.78 is 1.73. The van der Waals surface area contributed by atoms with Gasteiger partial charge in [0.1, 0.15) is 17.2 Å². The molecule has 2 aliphatic rings. The Labute approximate surface area is 168 Å². The van der Waals surface area contributed by atoms with Crippen LogP contribution in [0.25, 0.3) is 10.9 Å². The zero-order valence-electron chi connectivity index (χ0n) is 16.6. The highest BCUT2D eigenvalue weighted by Gasteiger charge is 2.30. The minimum Gasteiger partial charge on any atom is -0.368 e. The van der Waals surface area contributed by atoms with Crippen LogP contribution in [0, 0.1) is 0 Å². The van der Waals surface area contributed by atoms with Crippen LogP contribution in [0.2, 0.25) is 0 Å². The molecule has 9 heteroatoms. The molecule has 9 nitrogen and oxygen atoms in total. The maximum atomic E-state index is 12.9. The number of nitrogens with zero attached hydrogens (tertiary/aromatic N) is 6. The lowest BCUT2D eigenvalue weighted by Crippen LogP contribution is -2.49. The monoisotopic (exact) mass is 392 g/mol. The second kappa shape index (κ2) is 7.00. The fourth-order valence-corrected chi connectivity index (χ4v) is 4.21. The summed E-state index contributed by atoms with van der Waals surface area (Å²) in [6.07, 6.45) is 6.18. The number of hydrogen-bond acceptors (Lipinski definition) is 6. The van der Waals surface area contributed by atoms with Crippen molar-refractivity contribution >= 4 is 34.3 Å². The van der Waals surface area contributed by atoms with E-state index in [-0.39, 0.29) is 6.03 Å². The highest BCUT2D eigenvalue weighted by Crippen LogP contribution is 2.34. The molecule has 29 heavy (non-hydrogen) atoms. The number of nitrogens with one attached hydrogen (secondary N) is 2. The summed E-state index contributed by atoms with van der Waals surface area (Å²) in [6.45, 7) is 5.69. The lowest BCUT2D eigenvalue weighted by molar-refractivity contribution is 0.257. The van der Waals surface area contributed by atoms with Gasteiger partial charge in [-0.15, -0.1) is 0 Å². The lowest BCUT2D eigenvalue weighted by atomic mass is 10.1. The Bertz CT molecular complexity index is 1080. The van der Waals surface area contributed by atoms with Gasteiger partial charge >= 0.3 is 6.03 Å². The number of hydrogen-bond donors (Lipinski definition) is 2. The summed E-state index contributed by atoms with van der Waals surface area (Å²) >= 11 is 0. The summed E-state index contributed by atoms with van der Waals surface area (Å²) in [6, 6.07) is 4.14. The normalized spacial score (nSPS) is 18.9. The fourth-order valence-electron chi connectivity index (χ4n) is 4.21. The summed E-state index contributed by atoms with van der Waals surface area (Å²) in [5.41, 5.74) is 3.13. The molecule has 1 atom stereocenters. The Kier molecular flexibility index (Phi) is 4.31. The van der Waals surface area contributed by atoms with Crippen LogP contribution in [-0.2, 0) is 13.5 Å². The van der Waals surface area contributed by atoms with E-state index in [1.165, 1.54) is 5.69 Å². The molecule has 1 fully saturated rings. The zero-order chi connectivity index (χ0) is 20.0. The quantitative estimate of drug-likeness (QED) is 0.691. The topological polar surface area (TPSA) is 91.2 Å². The van der Waals surface area contributed by atoms with Gasteiger partial charge in [-0.1, -0.05) is 0 Å². The number of carbonyl (C=O) groups excluding carboxylic acids is 1. The zero-order valence-corrected chi connectivity index (χ0v) is 16.6. The summed E-state index contributed by atoms with van der Waals surface area (Å²) in [5, 5.41) is 11.6. The van der Waals surface area contributed by atoms with Crippen LogP contribution in [0.15, 0.2) is 30.7 Å². The molecule has 5 heterocycles. The molecule has 1 saturated heterocycles. The number of aromatic nitrogens is 4. The predicted octanol–water partition coefficient (Wildman–Crippen LogP) is 1.76. The van der Waals surface area contributed by atoms with Gasteiger partial charge in [0, 0.05) is 68.3 Å². The molecule has 3 aromatic rings. The van der Waals surface area contributed by atoms with E-state index < -0.39 is 0 Å². The van der Waals surface area contributed by atoms with Crippen molar-refractivity contribution in [2.45, 2.75) is 19.4 Å². The molecule has 0 radical (unpaired) electrons. The second-order valence-electron chi connectivity index (χ2n) is 7.70. The van der Waals surface area contributed by atoms with Gasteiger partial charge in [0.25, 0.3) is 0 Å². The van der Waals surface area contributed by atoms with Crippen LogP contribution < -0.4 is 20.4 Å². The molecule has 2 amide bonds. The molecular weight excluding hydrogens is 368 g/mol. The van der Waals surface area contributed by atoms with E-state index in [0.717, 1.165) is 48.3 Å². The highest BCUT2D eigenvalue weighted by atomic mass is 16.2. The van der Waals surface area contributed by atoms with E-state index in [0.29, 0.717) is 18.4 Å². The molecular formula is C20H24N8O. The summed E-state index contributed by atoms with van der Waals surface area (Å²) in [7, 11) is 1.86. The molecule has 0 aromatic carbocycles. The first-order chi connectivity index (χ1) is 14.1. The van der Waals surface area contributed by atoms with Crippen molar-refractivity contribution in [2.24, 2.45) is 7.05 Å². The Morgan fingerprint density at radius 3 is 3.07 bits per heavy atom. The Balaban J connectivity index is 1.38. The SMILES string of the molecule is C[C@H]1CN(c2ccnc3c2CCN3C(=O)Nc2cc3cn(C)nc3cn2)CCN1. The number of anilines is 3. The maximum Gasteiger partial charge on any atom is 0.328 e. The average Bonchev–Trinajstić information content (AvgIpc) is 3.30. The number of aryl methyl sites for hydroxylation is 1. The molecule has 0 aliphatic carbocycles. The first-order valence-corrected chi connectivity index (χ1v) is 9.92. The van der Waals surface area contributed by atoms with Crippen molar-refractivity contribution in [1.82, 2.24) is 25.1 Å². The van der Waals surface area contributed by atoms with Gasteiger partial charge in [-0.05, 0) is 25.5 Å². The molecule has 2 N–H and O–H groups in total. The van der Waals surface area contributed by atoms with Crippen LogP contribution >= 0.6 is 0 Å². The number of pyridine rings is 2. The maximum absolute atomic E-state index is 12.9. The van der Waals surface area contributed by atoms with Crippen molar-refractivity contribution in [3.8, 4) is 0 Å². The number of rotatable bonds is 2. The van der Waals surface area contributed by atoms with E-state index in [1.807, 2.05) is 19.3 Å². The fraction of sp³-hybridized carbons (Fsp3) is 0.400. The molecule has 0 saturated carbocycles. The predicted molar refractivity (Wildman–Crippen MR) is 112 cm³/mol. The summed E-state index contributed by atoms with van der Waals surface area (Å²) in [5.74, 6) is 1.25. The van der Waals surface area contributed by atoms with Crippen molar-refractivity contribution in [3.05, 3.63) is 36.3 Å². The van der Waals surface area contributed by atoms with Crippen LogP contribution in [-0.4, -0.2) is 58.0 Å². The van der Waals surface area contributed by atoms with Crippen molar-refractivity contribution in [3.63, 3.8) is 0 Å². The van der Waals surface area contributed by atoms with Gasteiger partial charge in [-0.2, -0.15) is 5.10 Å². The molecule has 0 spiro atoms.